The Morgan fingerprint density at radius 1 is 1.25 bits per heavy atom. The first-order chi connectivity index (χ1) is 13.5. The van der Waals surface area contributed by atoms with Gasteiger partial charge in [-0.25, -0.2) is 4.98 Å². The molecule has 28 heavy (non-hydrogen) atoms. The Labute approximate surface area is 162 Å². The minimum Gasteiger partial charge on any atom is -0.354 e. The largest absolute Gasteiger partial charge is 0.354 e. The maximum atomic E-state index is 13.3. The van der Waals surface area contributed by atoms with Gasteiger partial charge in [0.15, 0.2) is 5.69 Å². The zero-order chi connectivity index (χ0) is 19.9. The third-order valence-corrected chi connectivity index (χ3v) is 5.41. The molecule has 2 N–H and O–H groups in total. The van der Waals surface area contributed by atoms with Gasteiger partial charge in [-0.15, -0.1) is 0 Å². The van der Waals surface area contributed by atoms with Crippen molar-refractivity contribution in [2.45, 2.75) is 44.4 Å². The Bertz CT molecular complexity index is 935. The van der Waals surface area contributed by atoms with Crippen LogP contribution in [-0.2, 0) is 17.9 Å². The molecule has 1 aromatic carbocycles. The zero-order valence-electron chi connectivity index (χ0n) is 15.9. The number of hydrogen-bond donors (Lipinski definition) is 2. The standard InChI is InChI=1S/C20H23N5O3/c1-20(19(28)22-10-13-6-4-3-5-7-13)11-24-12-23-15(17(26)21-2)16(24)18(27)25(20)14-8-9-14/h3-7,12,14H,8-11H2,1-2H3,(H,21,26)(H,22,28)/t20-/m1/s1. The lowest BCUT2D eigenvalue weighted by Gasteiger charge is -2.44. The second-order valence-electron chi connectivity index (χ2n) is 7.50. The van der Waals surface area contributed by atoms with Crippen molar-refractivity contribution in [3.63, 3.8) is 0 Å². The molecule has 1 aromatic heterocycles. The number of carbonyl (C=O) groups is 3. The van der Waals surface area contributed by atoms with Crippen LogP contribution in [0.2, 0.25) is 0 Å². The summed E-state index contributed by atoms with van der Waals surface area (Å²) in [5, 5.41) is 5.48. The fourth-order valence-electron chi connectivity index (χ4n) is 3.81. The molecule has 0 bridgehead atoms. The molecule has 1 fully saturated rings. The van der Waals surface area contributed by atoms with Gasteiger partial charge in [0.2, 0.25) is 5.91 Å². The molecular formula is C20H23N5O3. The topological polar surface area (TPSA) is 96.3 Å². The minimum atomic E-state index is -1.04. The van der Waals surface area contributed by atoms with Crippen molar-refractivity contribution < 1.29 is 14.4 Å². The number of carbonyl (C=O) groups excluding carboxylic acids is 3. The Balaban J connectivity index is 1.64. The van der Waals surface area contributed by atoms with Crippen LogP contribution in [0.15, 0.2) is 36.7 Å². The van der Waals surface area contributed by atoms with E-state index in [1.54, 1.807) is 16.4 Å². The lowest BCUT2D eigenvalue weighted by molar-refractivity contribution is -0.133. The van der Waals surface area contributed by atoms with E-state index in [1.165, 1.54) is 13.4 Å². The molecule has 146 valence electrons. The first kappa shape index (κ1) is 18.2. The molecule has 2 aromatic rings. The highest BCUT2D eigenvalue weighted by Gasteiger charge is 2.53. The highest BCUT2D eigenvalue weighted by Crippen LogP contribution is 2.38. The summed E-state index contributed by atoms with van der Waals surface area (Å²) < 4.78 is 1.62. The number of rotatable bonds is 5. The van der Waals surface area contributed by atoms with Crippen molar-refractivity contribution in [3.05, 3.63) is 53.6 Å². The maximum Gasteiger partial charge on any atom is 0.274 e. The fraction of sp³-hybridized carbons (Fsp3) is 0.400. The highest BCUT2D eigenvalue weighted by molar-refractivity contribution is 6.07. The van der Waals surface area contributed by atoms with Crippen LogP contribution < -0.4 is 10.6 Å². The van der Waals surface area contributed by atoms with E-state index in [0.29, 0.717) is 6.54 Å². The van der Waals surface area contributed by atoms with Crippen LogP contribution in [0.3, 0.4) is 0 Å². The second kappa shape index (κ2) is 6.78. The van der Waals surface area contributed by atoms with E-state index in [2.05, 4.69) is 15.6 Å². The average Bonchev–Trinajstić information content (AvgIpc) is 3.44. The molecule has 1 atom stereocenters. The van der Waals surface area contributed by atoms with E-state index in [1.807, 2.05) is 30.3 Å². The molecule has 4 rings (SSSR count). The second-order valence-corrected chi connectivity index (χ2v) is 7.50. The Morgan fingerprint density at radius 3 is 2.61 bits per heavy atom. The van der Waals surface area contributed by atoms with Gasteiger partial charge in [0.1, 0.15) is 11.2 Å². The SMILES string of the molecule is CNC(=O)c1ncn2c1C(=O)N(C1CC1)[C@@](C)(C(=O)NCc1ccccc1)C2. The average molecular weight is 381 g/mol. The number of aromatic nitrogens is 2. The summed E-state index contributed by atoms with van der Waals surface area (Å²) in [5.74, 6) is -0.936. The van der Waals surface area contributed by atoms with E-state index in [0.717, 1.165) is 18.4 Å². The first-order valence-electron chi connectivity index (χ1n) is 9.39. The summed E-state index contributed by atoms with van der Waals surface area (Å²) in [6, 6.07) is 9.66. The van der Waals surface area contributed by atoms with Crippen molar-refractivity contribution in [3.8, 4) is 0 Å². The van der Waals surface area contributed by atoms with E-state index in [9.17, 15) is 14.4 Å². The number of fused-ring (bicyclic) bond motifs is 1. The molecule has 0 saturated heterocycles. The zero-order valence-corrected chi connectivity index (χ0v) is 15.9. The van der Waals surface area contributed by atoms with Crippen LogP contribution >= 0.6 is 0 Å². The number of hydrogen-bond acceptors (Lipinski definition) is 4. The summed E-state index contributed by atoms with van der Waals surface area (Å²) in [7, 11) is 1.50. The minimum absolute atomic E-state index is 0.0150. The van der Waals surface area contributed by atoms with Crippen molar-refractivity contribution in [1.29, 1.82) is 0 Å². The number of nitrogens with zero attached hydrogens (tertiary/aromatic N) is 3. The van der Waals surface area contributed by atoms with Gasteiger partial charge in [-0.2, -0.15) is 0 Å². The van der Waals surface area contributed by atoms with Gasteiger partial charge < -0.3 is 20.1 Å². The molecular weight excluding hydrogens is 358 g/mol. The maximum absolute atomic E-state index is 13.3. The molecule has 1 aliphatic carbocycles. The van der Waals surface area contributed by atoms with Gasteiger partial charge >= 0.3 is 0 Å². The summed E-state index contributed by atoms with van der Waals surface area (Å²) in [4.78, 5) is 44.3. The molecule has 3 amide bonds. The van der Waals surface area contributed by atoms with Gasteiger partial charge in [-0.3, -0.25) is 14.4 Å². The predicted molar refractivity (Wildman–Crippen MR) is 102 cm³/mol. The first-order valence-corrected chi connectivity index (χ1v) is 9.39. The van der Waals surface area contributed by atoms with Crippen molar-refractivity contribution in [2.24, 2.45) is 0 Å². The van der Waals surface area contributed by atoms with Crippen LogP contribution in [0.25, 0.3) is 0 Å². The molecule has 8 nitrogen and oxygen atoms in total. The van der Waals surface area contributed by atoms with Crippen LogP contribution in [0.5, 0.6) is 0 Å². The lowest BCUT2D eigenvalue weighted by atomic mass is 9.93. The normalized spacial score (nSPS) is 21.2. The molecule has 0 radical (unpaired) electrons. The van der Waals surface area contributed by atoms with Gasteiger partial charge in [0, 0.05) is 19.6 Å². The Hall–Kier alpha value is -3.16. The number of benzene rings is 1. The summed E-state index contributed by atoms with van der Waals surface area (Å²) in [6.45, 7) is 2.43. The highest BCUT2D eigenvalue weighted by atomic mass is 16.2. The summed E-state index contributed by atoms with van der Waals surface area (Å²) in [5.41, 5.74) is 0.301. The Kier molecular flexibility index (Phi) is 4.41. The van der Waals surface area contributed by atoms with Crippen LogP contribution in [0, 0.1) is 0 Å². The molecule has 0 spiro atoms. The quantitative estimate of drug-likeness (QED) is 0.806. The number of amides is 3. The van der Waals surface area contributed by atoms with Crippen molar-refractivity contribution in [1.82, 2.24) is 25.1 Å². The molecule has 1 saturated carbocycles. The van der Waals surface area contributed by atoms with Crippen molar-refractivity contribution >= 4 is 17.7 Å². The van der Waals surface area contributed by atoms with E-state index in [4.69, 9.17) is 0 Å². The third kappa shape index (κ3) is 2.94. The van der Waals surface area contributed by atoms with E-state index in [-0.39, 0.29) is 35.8 Å². The summed E-state index contributed by atoms with van der Waals surface area (Å²) in [6.07, 6.45) is 3.18. The summed E-state index contributed by atoms with van der Waals surface area (Å²) >= 11 is 0. The molecule has 2 aliphatic rings. The van der Waals surface area contributed by atoms with Gasteiger partial charge in [-0.05, 0) is 25.3 Å². The van der Waals surface area contributed by atoms with Gasteiger partial charge in [0.05, 0.1) is 12.9 Å². The van der Waals surface area contributed by atoms with E-state index >= 15 is 0 Å². The lowest BCUT2D eigenvalue weighted by Crippen LogP contribution is -2.64. The molecule has 2 heterocycles. The van der Waals surface area contributed by atoms with Crippen LogP contribution in [-0.4, -0.2) is 50.8 Å². The smallest absolute Gasteiger partial charge is 0.274 e. The molecule has 1 aliphatic heterocycles. The number of nitrogens with one attached hydrogen (secondary N) is 2. The van der Waals surface area contributed by atoms with Crippen LogP contribution in [0.1, 0.15) is 46.3 Å². The Morgan fingerprint density at radius 2 is 1.96 bits per heavy atom. The third-order valence-electron chi connectivity index (χ3n) is 5.41. The monoisotopic (exact) mass is 381 g/mol. The van der Waals surface area contributed by atoms with Crippen molar-refractivity contribution in [2.75, 3.05) is 7.05 Å². The van der Waals surface area contributed by atoms with Gasteiger partial charge in [0.25, 0.3) is 11.8 Å². The number of imidazole rings is 1. The van der Waals surface area contributed by atoms with E-state index < -0.39 is 11.4 Å². The molecule has 0 unspecified atom stereocenters. The fourth-order valence-corrected chi connectivity index (χ4v) is 3.81. The molecule has 8 heteroatoms. The van der Waals surface area contributed by atoms with Crippen LogP contribution in [0.4, 0.5) is 0 Å². The van der Waals surface area contributed by atoms with Gasteiger partial charge in [-0.1, -0.05) is 30.3 Å². The predicted octanol–water partition coefficient (Wildman–Crippen LogP) is 0.936.